The number of nitrogen functional groups attached to an aromatic ring is 1. The first-order valence-electron chi connectivity index (χ1n) is 31.8. The Hall–Kier alpha value is -2.24. The Morgan fingerprint density at radius 3 is 1.31 bits per heavy atom. The zero-order chi connectivity index (χ0) is 58.7. The SMILES string of the molecule is CC(C)CCCCCCCCCCCCCCCCCCCCC(=O)OC[C@H](COP(=O)(O)OP(=O)(O)OC[C@H]1O[C@@H](n2ccc(N)nc2=O)C(O)[C@H]1O)OC(=O)CCCCCCCCCCCCCCCCCCCCC(C)C. The lowest BCUT2D eigenvalue weighted by Crippen LogP contribution is -2.36. The summed E-state index contributed by atoms with van der Waals surface area (Å²) in [7, 11) is -10.8. The van der Waals surface area contributed by atoms with Crippen molar-refractivity contribution in [3.8, 4) is 0 Å². The van der Waals surface area contributed by atoms with Crippen LogP contribution >= 0.6 is 15.6 Å². The second-order valence-electron chi connectivity index (χ2n) is 23.6. The summed E-state index contributed by atoms with van der Waals surface area (Å²) in [5.41, 5.74) is 4.62. The molecule has 1 aromatic heterocycles. The lowest BCUT2D eigenvalue weighted by Gasteiger charge is -2.21. The highest BCUT2D eigenvalue weighted by molar-refractivity contribution is 7.61. The van der Waals surface area contributed by atoms with E-state index in [-0.39, 0.29) is 18.7 Å². The molecule has 0 amide bonds. The van der Waals surface area contributed by atoms with Gasteiger partial charge in [0, 0.05) is 19.0 Å². The summed E-state index contributed by atoms with van der Waals surface area (Å²) in [6, 6.07) is 1.26. The van der Waals surface area contributed by atoms with Gasteiger partial charge in [0.1, 0.15) is 30.7 Å². The summed E-state index contributed by atoms with van der Waals surface area (Å²) >= 11 is 0. The van der Waals surface area contributed by atoms with Crippen LogP contribution in [0.25, 0.3) is 0 Å². The van der Waals surface area contributed by atoms with Crippen molar-refractivity contribution in [3.05, 3.63) is 22.7 Å². The average Bonchev–Trinajstić information content (AvgIpc) is 3.68. The van der Waals surface area contributed by atoms with Gasteiger partial charge in [0.2, 0.25) is 0 Å². The molecule has 1 aliphatic rings. The summed E-state index contributed by atoms with van der Waals surface area (Å²) in [5, 5.41) is 21.0. The van der Waals surface area contributed by atoms with Crippen molar-refractivity contribution < 1.29 is 66.3 Å². The molecular formula is C60H113N3O15P2. The number of phosphoric ester groups is 2. The minimum atomic E-state index is -5.43. The van der Waals surface area contributed by atoms with Gasteiger partial charge >= 0.3 is 33.3 Å². The van der Waals surface area contributed by atoms with E-state index < -0.39 is 83.7 Å². The van der Waals surface area contributed by atoms with Crippen molar-refractivity contribution in [2.75, 3.05) is 25.6 Å². The Labute approximate surface area is 482 Å². The van der Waals surface area contributed by atoms with E-state index in [2.05, 4.69) is 37.0 Å². The number of rotatable bonds is 54. The Morgan fingerprint density at radius 2 is 0.925 bits per heavy atom. The number of hydrogen-bond acceptors (Lipinski definition) is 15. The van der Waals surface area contributed by atoms with Gasteiger partial charge in [-0.15, -0.1) is 0 Å². The largest absolute Gasteiger partial charge is 0.481 e. The summed E-state index contributed by atoms with van der Waals surface area (Å²) in [6.45, 7) is 6.93. The summed E-state index contributed by atoms with van der Waals surface area (Å²) in [6.07, 6.45) is 40.3. The van der Waals surface area contributed by atoms with Gasteiger partial charge in [-0.25, -0.2) is 13.9 Å². The van der Waals surface area contributed by atoms with E-state index in [9.17, 15) is 43.5 Å². The van der Waals surface area contributed by atoms with Crippen LogP contribution in [0.5, 0.6) is 0 Å². The second-order valence-corrected chi connectivity index (χ2v) is 26.6. The molecule has 468 valence electrons. The number of anilines is 1. The quantitative estimate of drug-likeness (QED) is 0.0230. The molecule has 0 aliphatic carbocycles. The minimum absolute atomic E-state index is 0.0584. The number of phosphoric acid groups is 2. The standard InChI is InChI=1S/C60H113N3O15P2/c1-50(2)41-37-33-29-25-21-17-13-9-5-7-11-15-19-23-27-31-35-39-43-55(64)73-47-52(76-56(65)44-40-36-32-28-24-20-16-12-8-6-10-14-18-22-26-30-34-38-42-51(3)4)48-74-79(69,70)78-80(71,72)75-49-53-57(66)58(67)59(77-53)63-46-45-54(61)62-60(63)68/h45-46,50-53,57-59,66-67H,5-44,47-49H2,1-4H3,(H,69,70)(H,71,72)(H2,61,62,68)/t52-,53-,57+,58?,59-/m1/s1. The topological polar surface area (TPSA) is 265 Å². The minimum Gasteiger partial charge on any atom is -0.462 e. The van der Waals surface area contributed by atoms with Crippen molar-refractivity contribution in [3.63, 3.8) is 0 Å². The molecule has 6 N–H and O–H groups in total. The van der Waals surface area contributed by atoms with Crippen LogP contribution in [0.3, 0.4) is 0 Å². The predicted molar refractivity (Wildman–Crippen MR) is 317 cm³/mol. The molecule has 0 aromatic carbocycles. The average molecular weight is 1180 g/mol. The first-order valence-corrected chi connectivity index (χ1v) is 34.8. The molecule has 20 heteroatoms. The van der Waals surface area contributed by atoms with Gasteiger partial charge in [-0.3, -0.25) is 23.2 Å². The molecule has 2 heterocycles. The van der Waals surface area contributed by atoms with E-state index in [4.69, 9.17) is 29.0 Å². The predicted octanol–water partition coefficient (Wildman–Crippen LogP) is 15.1. The lowest BCUT2D eigenvalue weighted by atomic mass is 10.0. The van der Waals surface area contributed by atoms with E-state index in [0.29, 0.717) is 12.8 Å². The van der Waals surface area contributed by atoms with E-state index in [1.807, 2.05) is 0 Å². The molecule has 1 fully saturated rings. The number of nitrogens with two attached hydrogens (primary N) is 1. The van der Waals surface area contributed by atoms with Crippen molar-refractivity contribution >= 4 is 33.4 Å². The number of carbonyl (C=O) groups excluding carboxylic acids is 2. The maximum atomic E-state index is 13.0. The molecule has 0 radical (unpaired) electrons. The van der Waals surface area contributed by atoms with Crippen LogP contribution in [0.4, 0.5) is 5.82 Å². The van der Waals surface area contributed by atoms with Gasteiger partial charge in [0.15, 0.2) is 12.3 Å². The highest BCUT2D eigenvalue weighted by atomic mass is 31.3. The molecule has 7 atom stereocenters. The maximum absolute atomic E-state index is 13.0. The lowest BCUT2D eigenvalue weighted by molar-refractivity contribution is -0.161. The fourth-order valence-electron chi connectivity index (χ4n) is 10.2. The Balaban J connectivity index is 1.70. The molecular weight excluding hydrogens is 1060 g/mol. The molecule has 2 rings (SSSR count). The number of aliphatic hydroxyl groups excluding tert-OH is 2. The summed E-state index contributed by atoms with van der Waals surface area (Å²) in [5.74, 6) is 0.377. The Morgan fingerprint density at radius 1 is 0.562 bits per heavy atom. The second kappa shape index (κ2) is 46.1. The van der Waals surface area contributed by atoms with Crippen LogP contribution in [0.2, 0.25) is 0 Å². The zero-order valence-electron chi connectivity index (χ0n) is 50.2. The molecule has 0 spiro atoms. The highest BCUT2D eigenvalue weighted by Crippen LogP contribution is 2.60. The third kappa shape index (κ3) is 39.3. The van der Waals surface area contributed by atoms with Gasteiger partial charge < -0.3 is 39.9 Å². The fourth-order valence-corrected chi connectivity index (χ4v) is 12.3. The Kier molecular flexibility index (Phi) is 42.6. The van der Waals surface area contributed by atoms with Crippen molar-refractivity contribution in [1.29, 1.82) is 0 Å². The van der Waals surface area contributed by atoms with Crippen LogP contribution in [-0.2, 0) is 46.3 Å². The molecule has 18 nitrogen and oxygen atoms in total. The molecule has 1 saturated heterocycles. The first-order chi connectivity index (χ1) is 38.4. The smallest absolute Gasteiger partial charge is 0.462 e. The number of carbonyl (C=O) groups is 2. The van der Waals surface area contributed by atoms with E-state index in [1.165, 1.54) is 198 Å². The van der Waals surface area contributed by atoms with Gasteiger partial charge in [-0.1, -0.05) is 259 Å². The molecule has 0 saturated carbocycles. The third-order valence-corrected chi connectivity index (χ3v) is 17.6. The normalized spacial score (nSPS) is 18.4. The first kappa shape index (κ1) is 73.9. The number of nitrogens with zero attached hydrogens (tertiary/aromatic N) is 2. The maximum Gasteiger partial charge on any atom is 0.481 e. The number of hydrogen-bond donors (Lipinski definition) is 5. The van der Waals surface area contributed by atoms with Crippen molar-refractivity contribution in [1.82, 2.24) is 9.55 Å². The molecule has 80 heavy (non-hydrogen) atoms. The monoisotopic (exact) mass is 1180 g/mol. The van der Waals surface area contributed by atoms with Crippen LogP contribution < -0.4 is 11.4 Å². The van der Waals surface area contributed by atoms with Crippen LogP contribution in [-0.4, -0.2) is 85.7 Å². The van der Waals surface area contributed by atoms with E-state index >= 15 is 0 Å². The number of ether oxygens (including phenoxy) is 3. The number of aliphatic hydroxyl groups is 2. The fraction of sp³-hybridized carbons (Fsp3) is 0.900. The van der Waals surface area contributed by atoms with E-state index in [1.54, 1.807) is 0 Å². The van der Waals surface area contributed by atoms with Crippen molar-refractivity contribution in [2.24, 2.45) is 11.8 Å². The highest BCUT2D eigenvalue weighted by Gasteiger charge is 2.46. The van der Waals surface area contributed by atoms with Crippen LogP contribution in [0.1, 0.15) is 291 Å². The number of esters is 2. The molecule has 1 aromatic rings. The van der Waals surface area contributed by atoms with Crippen LogP contribution in [0.15, 0.2) is 17.1 Å². The summed E-state index contributed by atoms with van der Waals surface area (Å²) < 4.78 is 57.2. The van der Waals surface area contributed by atoms with Gasteiger partial charge in [-0.2, -0.15) is 9.29 Å². The van der Waals surface area contributed by atoms with Gasteiger partial charge in [0.25, 0.3) is 0 Å². The molecule has 1 aliphatic heterocycles. The van der Waals surface area contributed by atoms with E-state index in [0.717, 1.165) is 61.3 Å². The molecule has 0 bridgehead atoms. The van der Waals surface area contributed by atoms with Crippen LogP contribution in [0, 0.1) is 11.8 Å². The number of aromatic nitrogens is 2. The van der Waals surface area contributed by atoms with Gasteiger partial charge in [0.05, 0.1) is 13.2 Å². The summed E-state index contributed by atoms with van der Waals surface area (Å²) in [4.78, 5) is 62.3. The molecule has 3 unspecified atom stereocenters. The van der Waals surface area contributed by atoms with Gasteiger partial charge in [-0.05, 0) is 30.7 Å². The third-order valence-electron chi connectivity index (χ3n) is 15.0. The number of unbranched alkanes of at least 4 members (excludes halogenated alkanes) is 34. The van der Waals surface area contributed by atoms with Crippen molar-refractivity contribution in [2.45, 2.75) is 315 Å². The zero-order valence-corrected chi connectivity index (χ0v) is 52.0. The Bertz CT molecular complexity index is 1870.